The van der Waals surface area contributed by atoms with Gasteiger partial charge in [-0.3, -0.25) is 9.88 Å². The quantitative estimate of drug-likeness (QED) is 0.753. The van der Waals surface area contributed by atoms with Crippen LogP contribution >= 0.6 is 0 Å². The molecule has 1 saturated heterocycles. The van der Waals surface area contributed by atoms with Gasteiger partial charge in [0.1, 0.15) is 0 Å². The van der Waals surface area contributed by atoms with Crippen LogP contribution in [0.3, 0.4) is 0 Å². The Balaban J connectivity index is 1.98. The SMILES string of the molecule is COC(=O)c1ccc(CN(C)C2CCS(=O)(=O)C2)nc1. The molecule has 7 heteroatoms. The Labute approximate surface area is 118 Å². The molecule has 20 heavy (non-hydrogen) atoms. The van der Waals surface area contributed by atoms with Gasteiger partial charge in [-0.25, -0.2) is 13.2 Å². The molecule has 1 aliphatic rings. The van der Waals surface area contributed by atoms with Crippen LogP contribution in [0.5, 0.6) is 0 Å². The molecular formula is C13H18N2O4S. The van der Waals surface area contributed by atoms with Gasteiger partial charge in [0.2, 0.25) is 0 Å². The van der Waals surface area contributed by atoms with Crippen molar-refractivity contribution in [2.75, 3.05) is 25.7 Å². The minimum Gasteiger partial charge on any atom is -0.465 e. The third kappa shape index (κ3) is 3.55. The first-order valence-electron chi connectivity index (χ1n) is 6.35. The lowest BCUT2D eigenvalue weighted by Gasteiger charge is -2.22. The summed E-state index contributed by atoms with van der Waals surface area (Å²) < 4.78 is 27.5. The van der Waals surface area contributed by atoms with Gasteiger partial charge >= 0.3 is 5.97 Å². The summed E-state index contributed by atoms with van der Waals surface area (Å²) in [6.07, 6.45) is 2.14. The summed E-state index contributed by atoms with van der Waals surface area (Å²) in [4.78, 5) is 17.5. The van der Waals surface area contributed by atoms with Gasteiger partial charge in [0.15, 0.2) is 9.84 Å². The molecule has 1 aliphatic heterocycles. The predicted molar refractivity (Wildman–Crippen MR) is 74.1 cm³/mol. The van der Waals surface area contributed by atoms with Gasteiger partial charge in [-0.1, -0.05) is 0 Å². The van der Waals surface area contributed by atoms with Crippen molar-refractivity contribution in [3.8, 4) is 0 Å². The number of hydrogen-bond donors (Lipinski definition) is 0. The molecule has 6 nitrogen and oxygen atoms in total. The van der Waals surface area contributed by atoms with E-state index in [-0.39, 0.29) is 17.5 Å². The van der Waals surface area contributed by atoms with Gasteiger partial charge in [-0.15, -0.1) is 0 Å². The van der Waals surface area contributed by atoms with E-state index in [0.29, 0.717) is 18.5 Å². The van der Waals surface area contributed by atoms with Gasteiger partial charge < -0.3 is 4.74 Å². The molecule has 0 saturated carbocycles. The zero-order valence-electron chi connectivity index (χ0n) is 11.6. The fourth-order valence-electron chi connectivity index (χ4n) is 2.26. The number of sulfone groups is 1. The van der Waals surface area contributed by atoms with Crippen LogP contribution in [-0.4, -0.2) is 56.0 Å². The Morgan fingerprint density at radius 2 is 2.25 bits per heavy atom. The van der Waals surface area contributed by atoms with Gasteiger partial charge in [-0.05, 0) is 25.6 Å². The van der Waals surface area contributed by atoms with Crippen molar-refractivity contribution >= 4 is 15.8 Å². The lowest BCUT2D eigenvalue weighted by atomic mass is 10.2. The number of aromatic nitrogens is 1. The lowest BCUT2D eigenvalue weighted by Crippen LogP contribution is -2.32. The van der Waals surface area contributed by atoms with Crippen LogP contribution in [0.15, 0.2) is 18.3 Å². The molecule has 110 valence electrons. The number of methoxy groups -OCH3 is 1. The molecule has 1 aromatic rings. The third-order valence-corrected chi connectivity index (χ3v) is 5.24. The molecule has 0 amide bonds. The van der Waals surface area contributed by atoms with Crippen LogP contribution in [0, 0.1) is 0 Å². The van der Waals surface area contributed by atoms with Crippen molar-refractivity contribution in [1.29, 1.82) is 0 Å². The highest BCUT2D eigenvalue weighted by Crippen LogP contribution is 2.18. The summed E-state index contributed by atoms with van der Waals surface area (Å²) in [6.45, 7) is 0.557. The van der Waals surface area contributed by atoms with E-state index in [1.807, 2.05) is 11.9 Å². The van der Waals surface area contributed by atoms with E-state index in [9.17, 15) is 13.2 Å². The standard InChI is InChI=1S/C13H18N2O4S/c1-15(12-5-6-20(17,18)9-12)8-11-4-3-10(7-14-11)13(16)19-2/h3-4,7,12H,5-6,8-9H2,1-2H3. The molecule has 1 atom stereocenters. The minimum absolute atomic E-state index is 0.0436. The van der Waals surface area contributed by atoms with Crippen LogP contribution in [0.4, 0.5) is 0 Å². The molecule has 0 aliphatic carbocycles. The second-order valence-electron chi connectivity index (χ2n) is 5.00. The smallest absolute Gasteiger partial charge is 0.339 e. The van der Waals surface area contributed by atoms with Crippen molar-refractivity contribution < 1.29 is 17.9 Å². The first-order chi connectivity index (χ1) is 9.41. The first kappa shape index (κ1) is 14.9. The van der Waals surface area contributed by atoms with Crippen LogP contribution in [0.25, 0.3) is 0 Å². The fourth-order valence-corrected chi connectivity index (χ4v) is 4.07. The highest BCUT2D eigenvalue weighted by Gasteiger charge is 2.30. The average molecular weight is 298 g/mol. The predicted octanol–water partition coefficient (Wildman–Crippen LogP) is 0.487. The Hall–Kier alpha value is -1.47. The summed E-state index contributed by atoms with van der Waals surface area (Å²) in [5.41, 5.74) is 1.20. The Bertz CT molecular complexity index is 583. The van der Waals surface area contributed by atoms with Gasteiger partial charge in [-0.2, -0.15) is 0 Å². The molecule has 2 rings (SSSR count). The highest BCUT2D eigenvalue weighted by atomic mass is 32.2. The summed E-state index contributed by atoms with van der Waals surface area (Å²) in [6, 6.07) is 3.46. The molecule has 0 aromatic carbocycles. The second kappa shape index (κ2) is 5.88. The largest absolute Gasteiger partial charge is 0.465 e. The van der Waals surface area contributed by atoms with Crippen molar-refractivity contribution in [2.24, 2.45) is 0 Å². The topological polar surface area (TPSA) is 76.6 Å². The molecule has 2 heterocycles. The average Bonchev–Trinajstić information content (AvgIpc) is 2.79. The van der Waals surface area contributed by atoms with E-state index in [1.165, 1.54) is 13.3 Å². The van der Waals surface area contributed by atoms with Crippen molar-refractivity contribution in [2.45, 2.75) is 19.0 Å². The van der Waals surface area contributed by atoms with Gasteiger partial charge in [0.25, 0.3) is 0 Å². The molecule has 0 radical (unpaired) electrons. The van der Waals surface area contributed by atoms with Gasteiger partial charge in [0.05, 0.1) is 29.9 Å². The maximum Gasteiger partial charge on any atom is 0.339 e. The van der Waals surface area contributed by atoms with E-state index in [2.05, 4.69) is 9.72 Å². The van der Waals surface area contributed by atoms with Crippen molar-refractivity contribution in [1.82, 2.24) is 9.88 Å². The molecule has 0 N–H and O–H groups in total. The molecular weight excluding hydrogens is 280 g/mol. The maximum absolute atomic E-state index is 11.5. The van der Waals surface area contributed by atoms with Crippen LogP contribution < -0.4 is 0 Å². The second-order valence-corrected chi connectivity index (χ2v) is 7.23. The summed E-state index contributed by atoms with van der Waals surface area (Å²) in [5, 5.41) is 0. The van der Waals surface area contributed by atoms with Crippen LogP contribution in [-0.2, 0) is 21.1 Å². The van der Waals surface area contributed by atoms with E-state index in [4.69, 9.17) is 0 Å². The maximum atomic E-state index is 11.5. The third-order valence-electron chi connectivity index (χ3n) is 3.49. The minimum atomic E-state index is -2.88. The molecule has 0 bridgehead atoms. The summed E-state index contributed by atoms with van der Waals surface area (Å²) >= 11 is 0. The zero-order valence-corrected chi connectivity index (χ0v) is 12.4. The Morgan fingerprint density at radius 3 is 2.75 bits per heavy atom. The first-order valence-corrected chi connectivity index (χ1v) is 8.17. The van der Waals surface area contributed by atoms with E-state index >= 15 is 0 Å². The number of rotatable bonds is 4. The van der Waals surface area contributed by atoms with E-state index in [1.54, 1.807) is 12.1 Å². The highest BCUT2D eigenvalue weighted by molar-refractivity contribution is 7.91. The number of ether oxygens (including phenoxy) is 1. The Kier molecular flexibility index (Phi) is 4.39. The number of carbonyl (C=O) groups excluding carboxylic acids is 1. The van der Waals surface area contributed by atoms with Crippen LogP contribution in [0.1, 0.15) is 22.5 Å². The number of pyridine rings is 1. The molecule has 1 fully saturated rings. The van der Waals surface area contributed by atoms with E-state index in [0.717, 1.165) is 5.69 Å². The van der Waals surface area contributed by atoms with Crippen molar-refractivity contribution in [3.05, 3.63) is 29.6 Å². The number of hydrogen-bond acceptors (Lipinski definition) is 6. The fraction of sp³-hybridized carbons (Fsp3) is 0.538. The zero-order chi connectivity index (χ0) is 14.8. The van der Waals surface area contributed by atoms with Gasteiger partial charge in [0, 0.05) is 18.8 Å². The van der Waals surface area contributed by atoms with E-state index < -0.39 is 15.8 Å². The molecule has 1 aromatic heterocycles. The number of carbonyl (C=O) groups is 1. The Morgan fingerprint density at radius 1 is 1.50 bits per heavy atom. The lowest BCUT2D eigenvalue weighted by molar-refractivity contribution is 0.0600. The number of nitrogens with zero attached hydrogens (tertiary/aromatic N) is 2. The molecule has 0 spiro atoms. The summed E-state index contributed by atoms with van der Waals surface area (Å²) in [5.74, 6) is 0.0554. The molecule has 1 unspecified atom stereocenters. The normalized spacial score (nSPS) is 21.1. The van der Waals surface area contributed by atoms with Crippen LogP contribution in [0.2, 0.25) is 0 Å². The van der Waals surface area contributed by atoms with Crippen molar-refractivity contribution in [3.63, 3.8) is 0 Å². The summed E-state index contributed by atoms with van der Waals surface area (Å²) in [7, 11) is 0.337. The number of esters is 1. The monoisotopic (exact) mass is 298 g/mol.